The van der Waals surface area contributed by atoms with Gasteiger partial charge in [0.2, 0.25) is 0 Å². The highest BCUT2D eigenvalue weighted by atomic mass is 16.5. The summed E-state index contributed by atoms with van der Waals surface area (Å²) in [6.45, 7) is 6.73. The molecule has 0 amide bonds. The van der Waals surface area contributed by atoms with Crippen molar-refractivity contribution in [1.29, 1.82) is 0 Å². The Balaban J connectivity index is 2.92. The summed E-state index contributed by atoms with van der Waals surface area (Å²) < 4.78 is 5.51. The summed E-state index contributed by atoms with van der Waals surface area (Å²) in [5, 5.41) is 12.8. The molecule has 4 heteroatoms. The maximum absolute atomic E-state index is 9.53. The van der Waals surface area contributed by atoms with Gasteiger partial charge in [0.05, 0.1) is 18.8 Å². The number of ether oxygens (including phenoxy) is 1. The summed E-state index contributed by atoms with van der Waals surface area (Å²) in [6.07, 6.45) is 3.39. The smallest absolute Gasteiger partial charge is 0.169 e. The van der Waals surface area contributed by atoms with E-state index in [1.54, 1.807) is 6.20 Å². The number of aliphatic hydroxyl groups is 1. The van der Waals surface area contributed by atoms with E-state index in [0.29, 0.717) is 12.4 Å². The molecule has 1 heterocycles. The first kappa shape index (κ1) is 13.8. The molecule has 0 saturated heterocycles. The van der Waals surface area contributed by atoms with Crippen LogP contribution in [0.3, 0.4) is 0 Å². The number of pyridine rings is 1. The van der Waals surface area contributed by atoms with Crippen LogP contribution >= 0.6 is 0 Å². The standard InChI is InChI=1S/C13H22N2O2/c1-4-13(5-2,10-16)15-12-11(17-6-3)8-7-9-14-12/h7-9,16H,4-6,10H2,1-3H3,(H,14,15). The lowest BCUT2D eigenvalue weighted by Gasteiger charge is -2.31. The highest BCUT2D eigenvalue weighted by Crippen LogP contribution is 2.27. The molecule has 1 aromatic heterocycles. The van der Waals surface area contributed by atoms with Gasteiger partial charge in [-0.25, -0.2) is 4.98 Å². The number of nitrogens with zero attached hydrogens (tertiary/aromatic N) is 1. The van der Waals surface area contributed by atoms with Crippen LogP contribution in [0, 0.1) is 0 Å². The van der Waals surface area contributed by atoms with Gasteiger partial charge in [-0.2, -0.15) is 0 Å². The predicted octanol–water partition coefficient (Wildman–Crippen LogP) is 2.44. The highest BCUT2D eigenvalue weighted by Gasteiger charge is 2.26. The molecular weight excluding hydrogens is 216 g/mol. The first-order chi connectivity index (χ1) is 8.21. The Hall–Kier alpha value is -1.29. The van der Waals surface area contributed by atoms with Gasteiger partial charge in [-0.3, -0.25) is 0 Å². The maximum atomic E-state index is 9.53. The molecule has 4 nitrogen and oxygen atoms in total. The Kier molecular flexibility index (Phi) is 5.22. The lowest BCUT2D eigenvalue weighted by Crippen LogP contribution is -2.41. The number of aliphatic hydroxyl groups excluding tert-OH is 1. The van der Waals surface area contributed by atoms with Crippen molar-refractivity contribution in [2.24, 2.45) is 0 Å². The van der Waals surface area contributed by atoms with E-state index in [0.717, 1.165) is 18.6 Å². The van der Waals surface area contributed by atoms with Crippen LogP contribution in [0.25, 0.3) is 0 Å². The topological polar surface area (TPSA) is 54.4 Å². The molecule has 0 unspecified atom stereocenters. The second-order valence-electron chi connectivity index (χ2n) is 4.05. The van der Waals surface area contributed by atoms with Gasteiger partial charge in [-0.05, 0) is 31.9 Å². The number of rotatable bonds is 7. The van der Waals surface area contributed by atoms with Crippen molar-refractivity contribution in [2.75, 3.05) is 18.5 Å². The molecule has 2 N–H and O–H groups in total. The number of hydrogen-bond donors (Lipinski definition) is 2. The largest absolute Gasteiger partial charge is 0.490 e. The summed E-state index contributed by atoms with van der Waals surface area (Å²) in [7, 11) is 0. The minimum atomic E-state index is -0.319. The quantitative estimate of drug-likeness (QED) is 0.766. The molecule has 0 aliphatic heterocycles. The molecule has 0 aliphatic carbocycles. The molecule has 0 fully saturated rings. The fourth-order valence-corrected chi connectivity index (χ4v) is 1.70. The van der Waals surface area contributed by atoms with E-state index in [9.17, 15) is 5.11 Å². The highest BCUT2D eigenvalue weighted by molar-refractivity contribution is 5.51. The molecule has 1 aromatic rings. The summed E-state index contributed by atoms with van der Waals surface area (Å²) >= 11 is 0. The molecule has 0 aromatic carbocycles. The lowest BCUT2D eigenvalue weighted by atomic mass is 9.94. The molecule has 1 rings (SSSR count). The van der Waals surface area contributed by atoms with Crippen molar-refractivity contribution in [2.45, 2.75) is 39.2 Å². The normalized spacial score (nSPS) is 11.3. The summed E-state index contributed by atoms with van der Waals surface area (Å²) in [5.41, 5.74) is -0.319. The van der Waals surface area contributed by atoms with Crippen LogP contribution in [0.5, 0.6) is 5.75 Å². The van der Waals surface area contributed by atoms with Gasteiger partial charge < -0.3 is 15.2 Å². The molecule has 0 aliphatic rings. The van der Waals surface area contributed by atoms with E-state index in [1.165, 1.54) is 0 Å². The Labute approximate surface area is 103 Å². The van der Waals surface area contributed by atoms with Gasteiger partial charge in [-0.15, -0.1) is 0 Å². The van der Waals surface area contributed by atoms with Crippen molar-refractivity contribution in [1.82, 2.24) is 4.98 Å². The van der Waals surface area contributed by atoms with Gasteiger partial charge >= 0.3 is 0 Å². The van der Waals surface area contributed by atoms with Crippen molar-refractivity contribution in [3.63, 3.8) is 0 Å². The third kappa shape index (κ3) is 3.33. The van der Waals surface area contributed by atoms with Gasteiger partial charge in [0.1, 0.15) is 0 Å². The van der Waals surface area contributed by atoms with Gasteiger partial charge in [-0.1, -0.05) is 13.8 Å². The molecule has 17 heavy (non-hydrogen) atoms. The predicted molar refractivity (Wildman–Crippen MR) is 69.4 cm³/mol. The monoisotopic (exact) mass is 238 g/mol. The number of nitrogens with one attached hydrogen (secondary N) is 1. The van der Waals surface area contributed by atoms with Crippen molar-refractivity contribution < 1.29 is 9.84 Å². The second-order valence-corrected chi connectivity index (χ2v) is 4.05. The zero-order chi connectivity index (χ0) is 12.7. The first-order valence-corrected chi connectivity index (χ1v) is 6.18. The molecule has 96 valence electrons. The average molecular weight is 238 g/mol. The molecule has 0 spiro atoms. The van der Waals surface area contributed by atoms with Crippen LogP contribution < -0.4 is 10.1 Å². The van der Waals surface area contributed by atoms with E-state index >= 15 is 0 Å². The number of hydrogen-bond acceptors (Lipinski definition) is 4. The Morgan fingerprint density at radius 2 is 2.06 bits per heavy atom. The lowest BCUT2D eigenvalue weighted by molar-refractivity contribution is 0.201. The van der Waals surface area contributed by atoms with Gasteiger partial charge in [0.25, 0.3) is 0 Å². The van der Waals surface area contributed by atoms with E-state index in [2.05, 4.69) is 24.1 Å². The minimum Gasteiger partial charge on any atom is -0.490 e. The zero-order valence-corrected chi connectivity index (χ0v) is 10.9. The van der Waals surface area contributed by atoms with E-state index < -0.39 is 0 Å². The maximum Gasteiger partial charge on any atom is 0.169 e. The van der Waals surface area contributed by atoms with Gasteiger partial charge in [0.15, 0.2) is 11.6 Å². The van der Waals surface area contributed by atoms with Crippen molar-refractivity contribution >= 4 is 5.82 Å². The van der Waals surface area contributed by atoms with Crippen LogP contribution in [-0.4, -0.2) is 28.8 Å². The van der Waals surface area contributed by atoms with Gasteiger partial charge in [0, 0.05) is 6.20 Å². The SMILES string of the molecule is CCOc1cccnc1NC(CC)(CC)CO. The third-order valence-corrected chi connectivity index (χ3v) is 3.11. The molecular formula is C13H22N2O2. The molecule has 0 atom stereocenters. The fraction of sp³-hybridized carbons (Fsp3) is 0.615. The Bertz CT molecular complexity index is 330. The van der Waals surface area contributed by atoms with Crippen LogP contribution in [-0.2, 0) is 0 Å². The number of aromatic nitrogens is 1. The molecule has 0 bridgehead atoms. The van der Waals surface area contributed by atoms with Crippen LogP contribution in [0.1, 0.15) is 33.6 Å². The first-order valence-electron chi connectivity index (χ1n) is 6.18. The summed E-state index contributed by atoms with van der Waals surface area (Å²) in [4.78, 5) is 4.28. The third-order valence-electron chi connectivity index (χ3n) is 3.11. The summed E-state index contributed by atoms with van der Waals surface area (Å²) in [6, 6.07) is 3.72. The van der Waals surface area contributed by atoms with Crippen LogP contribution in [0.4, 0.5) is 5.82 Å². The fourth-order valence-electron chi connectivity index (χ4n) is 1.70. The average Bonchev–Trinajstić information content (AvgIpc) is 2.38. The Morgan fingerprint density at radius 3 is 2.59 bits per heavy atom. The second kappa shape index (κ2) is 6.45. The van der Waals surface area contributed by atoms with Crippen LogP contribution in [0.15, 0.2) is 18.3 Å². The summed E-state index contributed by atoms with van der Waals surface area (Å²) in [5.74, 6) is 1.43. The van der Waals surface area contributed by atoms with Crippen LogP contribution in [0.2, 0.25) is 0 Å². The molecule has 0 saturated carbocycles. The van der Waals surface area contributed by atoms with E-state index in [-0.39, 0.29) is 12.1 Å². The zero-order valence-electron chi connectivity index (χ0n) is 10.9. The number of anilines is 1. The minimum absolute atomic E-state index is 0.0855. The molecule has 0 radical (unpaired) electrons. The van der Waals surface area contributed by atoms with E-state index in [4.69, 9.17) is 4.74 Å². The van der Waals surface area contributed by atoms with Crippen molar-refractivity contribution in [3.8, 4) is 5.75 Å². The Morgan fingerprint density at radius 1 is 1.35 bits per heavy atom. The van der Waals surface area contributed by atoms with E-state index in [1.807, 2.05) is 19.1 Å². The van der Waals surface area contributed by atoms with Crippen molar-refractivity contribution in [3.05, 3.63) is 18.3 Å².